The van der Waals surface area contributed by atoms with Gasteiger partial charge in [0.15, 0.2) is 5.65 Å². The van der Waals surface area contributed by atoms with Gasteiger partial charge in [-0.2, -0.15) is 5.10 Å². The van der Waals surface area contributed by atoms with Crippen molar-refractivity contribution >= 4 is 16.9 Å². The third kappa shape index (κ3) is 3.37. The van der Waals surface area contributed by atoms with Crippen LogP contribution in [-0.2, 0) is 5.54 Å². The Balaban J connectivity index is 2.75. The van der Waals surface area contributed by atoms with Crippen LogP contribution in [0, 0.1) is 6.92 Å². The molecule has 0 bridgehead atoms. The Labute approximate surface area is 137 Å². The fraction of sp³-hybridized carbons (Fsp3) is 0.588. The predicted molar refractivity (Wildman–Crippen MR) is 92.7 cm³/mol. The fourth-order valence-corrected chi connectivity index (χ4v) is 2.53. The summed E-state index contributed by atoms with van der Waals surface area (Å²) in [6.45, 7) is 13.2. The molecule has 2 rings (SSSR count). The van der Waals surface area contributed by atoms with Gasteiger partial charge >= 0.3 is 0 Å². The summed E-state index contributed by atoms with van der Waals surface area (Å²) < 4.78 is 1.91. The highest BCUT2D eigenvalue weighted by atomic mass is 16.1. The van der Waals surface area contributed by atoms with Crippen molar-refractivity contribution in [2.45, 2.75) is 53.0 Å². The average molecular weight is 317 g/mol. The Bertz CT molecular complexity index is 725. The SMILES string of the molecule is Cc1nn(C(C)(C)C)c2nc(C(C)C)cc(C(=O)NCCN)c12. The van der Waals surface area contributed by atoms with Gasteiger partial charge in [0.25, 0.3) is 5.91 Å². The van der Waals surface area contributed by atoms with E-state index >= 15 is 0 Å². The molecule has 0 spiro atoms. The number of nitrogens with two attached hydrogens (primary N) is 1. The van der Waals surface area contributed by atoms with Crippen molar-refractivity contribution in [2.24, 2.45) is 5.73 Å². The number of nitrogens with one attached hydrogen (secondary N) is 1. The normalized spacial score (nSPS) is 12.2. The number of hydrogen-bond acceptors (Lipinski definition) is 4. The molecule has 0 saturated heterocycles. The first kappa shape index (κ1) is 17.4. The summed E-state index contributed by atoms with van der Waals surface area (Å²) in [4.78, 5) is 17.4. The highest BCUT2D eigenvalue weighted by Gasteiger charge is 2.25. The maximum absolute atomic E-state index is 12.6. The van der Waals surface area contributed by atoms with Gasteiger partial charge in [-0.25, -0.2) is 9.67 Å². The minimum Gasteiger partial charge on any atom is -0.351 e. The molecule has 0 aliphatic rings. The summed E-state index contributed by atoms with van der Waals surface area (Å²) in [5, 5.41) is 8.31. The number of carbonyl (C=O) groups excluding carboxylic acids is 1. The minimum atomic E-state index is -0.208. The molecule has 0 aromatic carbocycles. The van der Waals surface area contributed by atoms with Crippen LogP contribution in [0.5, 0.6) is 0 Å². The van der Waals surface area contributed by atoms with Crippen LogP contribution < -0.4 is 11.1 Å². The Hall–Kier alpha value is -1.95. The van der Waals surface area contributed by atoms with E-state index < -0.39 is 0 Å². The summed E-state index contributed by atoms with van der Waals surface area (Å²) in [5.41, 5.74) is 8.38. The number of aryl methyl sites for hydroxylation is 1. The predicted octanol–water partition coefficient (Wildman–Crippen LogP) is 2.31. The molecule has 0 fully saturated rings. The molecule has 2 aromatic heterocycles. The van der Waals surface area contributed by atoms with E-state index in [0.717, 1.165) is 22.4 Å². The summed E-state index contributed by atoms with van der Waals surface area (Å²) in [6.07, 6.45) is 0. The third-order valence-electron chi connectivity index (χ3n) is 3.73. The van der Waals surface area contributed by atoms with Gasteiger partial charge < -0.3 is 11.1 Å². The number of rotatable bonds is 4. The number of hydrogen-bond donors (Lipinski definition) is 2. The summed E-state index contributed by atoms with van der Waals surface area (Å²) in [6, 6.07) is 1.88. The molecule has 6 heteroatoms. The van der Waals surface area contributed by atoms with Crippen molar-refractivity contribution in [1.29, 1.82) is 0 Å². The Kier molecular flexibility index (Phi) is 4.75. The molecule has 1 amide bonds. The molecule has 2 heterocycles. The highest BCUT2D eigenvalue weighted by Crippen LogP contribution is 2.28. The van der Waals surface area contributed by atoms with Crippen molar-refractivity contribution in [3.05, 3.63) is 23.0 Å². The van der Waals surface area contributed by atoms with Gasteiger partial charge in [-0.1, -0.05) is 13.8 Å². The van der Waals surface area contributed by atoms with Crippen molar-refractivity contribution in [3.8, 4) is 0 Å². The highest BCUT2D eigenvalue weighted by molar-refractivity contribution is 6.06. The van der Waals surface area contributed by atoms with Crippen molar-refractivity contribution in [2.75, 3.05) is 13.1 Å². The van der Waals surface area contributed by atoms with Crippen LogP contribution in [0.15, 0.2) is 6.07 Å². The summed E-state index contributed by atoms with van der Waals surface area (Å²) >= 11 is 0. The van der Waals surface area contributed by atoms with Crippen LogP contribution in [0.4, 0.5) is 0 Å². The standard InChI is InChI=1S/C17H27N5O/c1-10(2)13-9-12(16(23)19-8-7-18)14-11(3)21-22(15(14)20-13)17(4,5)6/h9-10H,7-8,18H2,1-6H3,(H,19,23). The number of nitrogens with zero attached hydrogens (tertiary/aromatic N) is 3. The topological polar surface area (TPSA) is 85.8 Å². The molecular formula is C17H27N5O. The Morgan fingerprint density at radius 3 is 2.57 bits per heavy atom. The zero-order valence-corrected chi connectivity index (χ0v) is 14.9. The molecular weight excluding hydrogens is 290 g/mol. The van der Waals surface area contributed by atoms with Gasteiger partial charge in [-0.3, -0.25) is 4.79 Å². The van der Waals surface area contributed by atoms with Crippen LogP contribution in [0.25, 0.3) is 11.0 Å². The van der Waals surface area contributed by atoms with E-state index in [0.29, 0.717) is 18.7 Å². The number of amides is 1. The maximum atomic E-state index is 12.6. The first-order chi connectivity index (χ1) is 10.7. The molecule has 0 atom stereocenters. The lowest BCUT2D eigenvalue weighted by Gasteiger charge is -2.20. The first-order valence-corrected chi connectivity index (χ1v) is 8.05. The largest absolute Gasteiger partial charge is 0.351 e. The number of carbonyl (C=O) groups is 1. The Morgan fingerprint density at radius 2 is 2.04 bits per heavy atom. The first-order valence-electron chi connectivity index (χ1n) is 8.05. The van der Waals surface area contributed by atoms with Gasteiger partial charge in [0, 0.05) is 18.8 Å². The van der Waals surface area contributed by atoms with Gasteiger partial charge in [0.2, 0.25) is 0 Å². The van der Waals surface area contributed by atoms with Crippen LogP contribution in [0.1, 0.15) is 62.3 Å². The molecule has 0 aliphatic carbocycles. The quantitative estimate of drug-likeness (QED) is 0.906. The van der Waals surface area contributed by atoms with Crippen molar-refractivity contribution < 1.29 is 4.79 Å². The van der Waals surface area contributed by atoms with E-state index in [4.69, 9.17) is 10.7 Å². The smallest absolute Gasteiger partial charge is 0.252 e. The molecule has 0 aliphatic heterocycles. The van der Waals surface area contributed by atoms with Gasteiger partial charge in [-0.05, 0) is 39.7 Å². The molecule has 0 saturated carbocycles. The molecule has 0 unspecified atom stereocenters. The van der Waals surface area contributed by atoms with Crippen molar-refractivity contribution in [3.63, 3.8) is 0 Å². The van der Waals surface area contributed by atoms with E-state index in [9.17, 15) is 4.79 Å². The van der Waals surface area contributed by atoms with Gasteiger partial charge in [0.1, 0.15) is 0 Å². The van der Waals surface area contributed by atoms with E-state index in [1.54, 1.807) is 0 Å². The average Bonchev–Trinajstić information content (AvgIpc) is 2.81. The molecule has 126 valence electrons. The van der Waals surface area contributed by atoms with Gasteiger partial charge in [0.05, 0.1) is 22.2 Å². The second kappa shape index (κ2) is 6.28. The van der Waals surface area contributed by atoms with Crippen LogP contribution in [0.3, 0.4) is 0 Å². The van der Waals surface area contributed by atoms with Crippen LogP contribution in [-0.4, -0.2) is 33.8 Å². The lowest BCUT2D eigenvalue weighted by atomic mass is 10.0. The van der Waals surface area contributed by atoms with Crippen LogP contribution >= 0.6 is 0 Å². The fourth-order valence-electron chi connectivity index (χ4n) is 2.53. The number of pyridine rings is 1. The van der Waals surface area contributed by atoms with E-state index in [1.807, 2.05) is 17.7 Å². The second-order valence-corrected chi connectivity index (χ2v) is 7.16. The van der Waals surface area contributed by atoms with E-state index in [2.05, 4.69) is 45.0 Å². The lowest BCUT2D eigenvalue weighted by molar-refractivity contribution is 0.0956. The molecule has 2 aromatic rings. The molecule has 0 radical (unpaired) electrons. The lowest BCUT2D eigenvalue weighted by Crippen LogP contribution is -2.29. The third-order valence-corrected chi connectivity index (χ3v) is 3.73. The van der Waals surface area contributed by atoms with E-state index in [1.165, 1.54) is 0 Å². The monoisotopic (exact) mass is 317 g/mol. The summed E-state index contributed by atoms with van der Waals surface area (Å²) in [7, 11) is 0. The number of aromatic nitrogens is 3. The Morgan fingerprint density at radius 1 is 1.39 bits per heavy atom. The molecule has 3 N–H and O–H groups in total. The van der Waals surface area contributed by atoms with Gasteiger partial charge in [-0.15, -0.1) is 0 Å². The minimum absolute atomic E-state index is 0.124. The molecule has 6 nitrogen and oxygen atoms in total. The zero-order valence-electron chi connectivity index (χ0n) is 14.9. The second-order valence-electron chi connectivity index (χ2n) is 7.16. The van der Waals surface area contributed by atoms with Crippen molar-refractivity contribution in [1.82, 2.24) is 20.1 Å². The number of fused-ring (bicyclic) bond motifs is 1. The van der Waals surface area contributed by atoms with Crippen LogP contribution in [0.2, 0.25) is 0 Å². The maximum Gasteiger partial charge on any atom is 0.252 e. The summed E-state index contributed by atoms with van der Waals surface area (Å²) in [5.74, 6) is 0.102. The zero-order chi connectivity index (χ0) is 17.4. The molecule has 23 heavy (non-hydrogen) atoms. The van der Waals surface area contributed by atoms with E-state index in [-0.39, 0.29) is 17.4 Å².